The highest BCUT2D eigenvalue weighted by Crippen LogP contribution is 2.26. The third-order valence-electron chi connectivity index (χ3n) is 5.45. The molecule has 0 unspecified atom stereocenters. The van der Waals surface area contributed by atoms with Crippen LogP contribution in [0.15, 0.2) is 24.3 Å². The SMILES string of the molecule is Cc1ccc(OCC(=O)C[C@@H](CC(C)C)C(=O)N[C@H](C#N)C[C@@H]2CCCC2=O)cc1. The lowest BCUT2D eigenvalue weighted by Gasteiger charge is -2.21. The number of aryl methyl sites for hydroxylation is 1. The first kappa shape index (κ1) is 23.6. The highest BCUT2D eigenvalue weighted by atomic mass is 16.5. The van der Waals surface area contributed by atoms with Crippen molar-refractivity contribution < 1.29 is 19.1 Å². The van der Waals surface area contributed by atoms with Gasteiger partial charge >= 0.3 is 0 Å². The van der Waals surface area contributed by atoms with Crippen LogP contribution in [-0.2, 0) is 14.4 Å². The summed E-state index contributed by atoms with van der Waals surface area (Å²) in [7, 11) is 0. The van der Waals surface area contributed by atoms with E-state index < -0.39 is 12.0 Å². The molecule has 1 N–H and O–H groups in total. The molecule has 0 saturated heterocycles. The Morgan fingerprint density at radius 1 is 1.27 bits per heavy atom. The summed E-state index contributed by atoms with van der Waals surface area (Å²) in [5.74, 6) is -0.114. The Labute approximate surface area is 179 Å². The smallest absolute Gasteiger partial charge is 0.224 e. The van der Waals surface area contributed by atoms with Gasteiger partial charge in [-0.15, -0.1) is 0 Å². The molecular formula is C24H32N2O4. The zero-order valence-electron chi connectivity index (χ0n) is 18.1. The Morgan fingerprint density at radius 2 is 1.97 bits per heavy atom. The molecule has 0 aliphatic heterocycles. The minimum Gasteiger partial charge on any atom is -0.486 e. The summed E-state index contributed by atoms with van der Waals surface area (Å²) in [6, 6.07) is 8.82. The van der Waals surface area contributed by atoms with E-state index in [9.17, 15) is 19.6 Å². The van der Waals surface area contributed by atoms with Crippen LogP contribution in [0.4, 0.5) is 0 Å². The van der Waals surface area contributed by atoms with E-state index in [1.54, 1.807) is 0 Å². The zero-order valence-corrected chi connectivity index (χ0v) is 18.1. The number of benzene rings is 1. The summed E-state index contributed by atoms with van der Waals surface area (Å²) in [6.45, 7) is 5.86. The monoisotopic (exact) mass is 412 g/mol. The van der Waals surface area contributed by atoms with Crippen LogP contribution in [0, 0.1) is 36.0 Å². The number of hydrogen-bond donors (Lipinski definition) is 1. The first-order valence-corrected chi connectivity index (χ1v) is 10.7. The van der Waals surface area contributed by atoms with E-state index in [1.165, 1.54) is 0 Å². The predicted molar refractivity (Wildman–Crippen MR) is 114 cm³/mol. The van der Waals surface area contributed by atoms with E-state index in [2.05, 4.69) is 11.4 Å². The van der Waals surface area contributed by atoms with Gasteiger partial charge in [-0.3, -0.25) is 14.4 Å². The van der Waals surface area contributed by atoms with Crippen molar-refractivity contribution in [3.05, 3.63) is 29.8 Å². The molecule has 30 heavy (non-hydrogen) atoms. The fraction of sp³-hybridized carbons (Fsp3) is 0.583. The molecule has 0 radical (unpaired) electrons. The van der Waals surface area contributed by atoms with Crippen molar-refractivity contribution in [2.24, 2.45) is 17.8 Å². The van der Waals surface area contributed by atoms with Crippen LogP contribution in [0.1, 0.15) is 57.9 Å². The van der Waals surface area contributed by atoms with Crippen LogP contribution < -0.4 is 10.1 Å². The second-order valence-electron chi connectivity index (χ2n) is 8.65. The molecule has 1 fully saturated rings. The summed E-state index contributed by atoms with van der Waals surface area (Å²) in [4.78, 5) is 37.1. The lowest BCUT2D eigenvalue weighted by molar-refractivity contribution is -0.131. The average molecular weight is 413 g/mol. The van der Waals surface area contributed by atoms with Gasteiger partial charge < -0.3 is 10.1 Å². The molecule has 1 aliphatic rings. The summed E-state index contributed by atoms with van der Waals surface area (Å²) in [6.07, 6.45) is 3.14. The molecule has 6 heteroatoms. The normalized spacial score (nSPS) is 18.0. The van der Waals surface area contributed by atoms with E-state index in [4.69, 9.17) is 4.74 Å². The molecule has 6 nitrogen and oxygen atoms in total. The Kier molecular flexibility index (Phi) is 9.04. The van der Waals surface area contributed by atoms with Crippen molar-refractivity contribution in [3.63, 3.8) is 0 Å². The number of nitrogens with one attached hydrogen (secondary N) is 1. The maximum Gasteiger partial charge on any atom is 0.224 e. The molecule has 1 aromatic rings. The summed E-state index contributed by atoms with van der Waals surface area (Å²) >= 11 is 0. The van der Waals surface area contributed by atoms with Crippen LogP contribution in [-0.4, -0.2) is 30.1 Å². The first-order chi connectivity index (χ1) is 14.3. The van der Waals surface area contributed by atoms with E-state index in [-0.39, 0.29) is 42.3 Å². The zero-order chi connectivity index (χ0) is 22.1. The van der Waals surface area contributed by atoms with Crippen LogP contribution in [0.3, 0.4) is 0 Å². The Hall–Kier alpha value is -2.68. The van der Waals surface area contributed by atoms with Gasteiger partial charge in [0.1, 0.15) is 24.2 Å². The summed E-state index contributed by atoms with van der Waals surface area (Å²) in [5.41, 5.74) is 1.11. The number of rotatable bonds is 11. The molecule has 0 heterocycles. The van der Waals surface area contributed by atoms with Gasteiger partial charge in [0.2, 0.25) is 5.91 Å². The predicted octanol–water partition coefficient (Wildman–Crippen LogP) is 3.76. The second-order valence-corrected chi connectivity index (χ2v) is 8.65. The minimum absolute atomic E-state index is 0.0659. The van der Waals surface area contributed by atoms with Gasteiger partial charge in [-0.2, -0.15) is 5.26 Å². The van der Waals surface area contributed by atoms with E-state index in [0.717, 1.165) is 18.4 Å². The van der Waals surface area contributed by atoms with Crippen LogP contribution in [0.5, 0.6) is 5.75 Å². The molecular weight excluding hydrogens is 380 g/mol. The first-order valence-electron chi connectivity index (χ1n) is 10.7. The molecule has 0 bridgehead atoms. The average Bonchev–Trinajstić information content (AvgIpc) is 3.10. The van der Waals surface area contributed by atoms with Gasteiger partial charge in [-0.1, -0.05) is 31.5 Å². The van der Waals surface area contributed by atoms with Gasteiger partial charge in [0.25, 0.3) is 0 Å². The fourth-order valence-corrected chi connectivity index (χ4v) is 3.84. The maximum absolute atomic E-state index is 12.8. The molecule has 1 aromatic carbocycles. The topological polar surface area (TPSA) is 96.3 Å². The number of nitriles is 1. The number of carbonyl (C=O) groups excluding carboxylic acids is 3. The molecule has 1 aliphatic carbocycles. The molecule has 2 rings (SSSR count). The Balaban J connectivity index is 1.91. The quantitative estimate of drug-likeness (QED) is 0.597. The standard InChI is InChI=1S/C24H32N2O4/c1-16(2)11-19(13-21(27)15-30-22-9-7-17(3)8-10-22)24(29)26-20(14-25)12-18-5-4-6-23(18)28/h7-10,16,18-20H,4-6,11-13,15H2,1-3H3,(H,26,29)/t18-,19+,20-/m0/s1. The lowest BCUT2D eigenvalue weighted by Crippen LogP contribution is -2.41. The Morgan fingerprint density at radius 3 is 2.53 bits per heavy atom. The van der Waals surface area contributed by atoms with E-state index in [1.807, 2.05) is 45.0 Å². The number of ketones is 2. The number of Topliss-reactive ketones (excluding diaryl/α,β-unsaturated/α-hetero) is 2. The fourth-order valence-electron chi connectivity index (χ4n) is 3.84. The van der Waals surface area contributed by atoms with Gasteiger partial charge in [0.05, 0.1) is 6.07 Å². The highest BCUT2D eigenvalue weighted by molar-refractivity contribution is 5.88. The molecule has 3 atom stereocenters. The third kappa shape index (κ3) is 7.62. The van der Waals surface area contributed by atoms with Crippen LogP contribution in [0.2, 0.25) is 0 Å². The number of ether oxygens (including phenoxy) is 1. The third-order valence-corrected chi connectivity index (χ3v) is 5.45. The molecule has 1 saturated carbocycles. The number of hydrogen-bond acceptors (Lipinski definition) is 5. The summed E-state index contributed by atoms with van der Waals surface area (Å²) < 4.78 is 5.54. The number of nitrogens with zero attached hydrogens (tertiary/aromatic N) is 1. The van der Waals surface area contributed by atoms with Gasteiger partial charge in [0, 0.05) is 24.7 Å². The van der Waals surface area contributed by atoms with Crippen molar-refractivity contribution in [2.75, 3.05) is 6.61 Å². The molecule has 1 amide bonds. The van der Waals surface area contributed by atoms with Crippen molar-refractivity contribution in [3.8, 4) is 11.8 Å². The van der Waals surface area contributed by atoms with Crippen LogP contribution >= 0.6 is 0 Å². The van der Waals surface area contributed by atoms with Crippen LogP contribution in [0.25, 0.3) is 0 Å². The molecule has 0 aromatic heterocycles. The number of carbonyl (C=O) groups is 3. The van der Waals surface area contributed by atoms with Gasteiger partial charge in [-0.05, 0) is 50.7 Å². The number of amides is 1. The minimum atomic E-state index is -0.710. The molecule has 0 spiro atoms. The van der Waals surface area contributed by atoms with E-state index >= 15 is 0 Å². The second kappa shape index (κ2) is 11.5. The van der Waals surface area contributed by atoms with Crippen molar-refractivity contribution >= 4 is 17.5 Å². The highest BCUT2D eigenvalue weighted by Gasteiger charge is 2.30. The molecule has 162 valence electrons. The van der Waals surface area contributed by atoms with Crippen molar-refractivity contribution in [2.45, 2.75) is 65.3 Å². The van der Waals surface area contributed by atoms with Gasteiger partial charge in [0.15, 0.2) is 5.78 Å². The largest absolute Gasteiger partial charge is 0.486 e. The maximum atomic E-state index is 12.8. The van der Waals surface area contributed by atoms with Crippen molar-refractivity contribution in [1.82, 2.24) is 5.32 Å². The lowest BCUT2D eigenvalue weighted by atomic mass is 9.91. The van der Waals surface area contributed by atoms with Crippen molar-refractivity contribution in [1.29, 1.82) is 5.26 Å². The van der Waals surface area contributed by atoms with Gasteiger partial charge in [-0.25, -0.2) is 0 Å². The van der Waals surface area contributed by atoms with E-state index in [0.29, 0.717) is 25.0 Å². The summed E-state index contributed by atoms with van der Waals surface area (Å²) in [5, 5.41) is 12.2. The Bertz CT molecular complexity index is 779.